The number of methoxy groups -OCH3 is 1. The van der Waals surface area contributed by atoms with Crippen LogP contribution in [0.1, 0.15) is 13.3 Å². The molecule has 110 valence electrons. The number of hydrogen-bond acceptors (Lipinski definition) is 4. The predicted molar refractivity (Wildman–Crippen MR) is 78.7 cm³/mol. The van der Waals surface area contributed by atoms with Gasteiger partial charge in [0.05, 0.1) is 6.61 Å². The summed E-state index contributed by atoms with van der Waals surface area (Å²) in [5.41, 5.74) is 1.59. The first-order valence-corrected chi connectivity index (χ1v) is 6.49. The van der Waals surface area contributed by atoms with Crippen molar-refractivity contribution in [2.45, 2.75) is 13.3 Å². The Bertz CT molecular complexity index is 449. The largest absolute Gasteiger partial charge is 0.384 e. The lowest BCUT2D eigenvalue weighted by Gasteiger charge is -2.09. The molecule has 20 heavy (non-hydrogen) atoms. The molecule has 0 atom stereocenters. The third-order valence-corrected chi connectivity index (χ3v) is 2.49. The number of carbonyl (C=O) groups excluding carboxylic acids is 2. The number of benzene rings is 1. The van der Waals surface area contributed by atoms with E-state index < -0.39 is 0 Å². The van der Waals surface area contributed by atoms with Gasteiger partial charge in [0.1, 0.15) is 0 Å². The Morgan fingerprint density at radius 1 is 1.20 bits per heavy atom. The number of carbonyl (C=O) groups is 2. The predicted octanol–water partition coefficient (Wildman–Crippen LogP) is 1.21. The second kappa shape index (κ2) is 8.92. The summed E-state index contributed by atoms with van der Waals surface area (Å²) >= 11 is 0. The van der Waals surface area contributed by atoms with Crippen molar-refractivity contribution in [3.8, 4) is 0 Å². The third-order valence-electron chi connectivity index (χ3n) is 2.49. The van der Waals surface area contributed by atoms with Crippen molar-refractivity contribution in [1.82, 2.24) is 5.32 Å². The first kappa shape index (κ1) is 16.0. The van der Waals surface area contributed by atoms with Crippen LogP contribution in [-0.2, 0) is 14.3 Å². The van der Waals surface area contributed by atoms with E-state index in [1.54, 1.807) is 7.11 Å². The molecule has 1 rings (SSSR count). The highest BCUT2D eigenvalue weighted by Gasteiger charge is 2.01. The first-order valence-electron chi connectivity index (χ1n) is 6.49. The molecular formula is C14H21N3O3. The Kier molecular flexibility index (Phi) is 7.13. The minimum atomic E-state index is -0.111. The van der Waals surface area contributed by atoms with E-state index in [4.69, 9.17) is 4.74 Å². The molecule has 0 fully saturated rings. The van der Waals surface area contributed by atoms with E-state index in [1.807, 2.05) is 24.3 Å². The highest BCUT2D eigenvalue weighted by Crippen LogP contribution is 2.14. The average molecular weight is 279 g/mol. The van der Waals surface area contributed by atoms with Gasteiger partial charge in [-0.25, -0.2) is 0 Å². The highest BCUT2D eigenvalue weighted by molar-refractivity contribution is 5.89. The van der Waals surface area contributed by atoms with Gasteiger partial charge in [-0.2, -0.15) is 0 Å². The molecule has 0 spiro atoms. The summed E-state index contributed by atoms with van der Waals surface area (Å²) in [7, 11) is 1.59. The minimum absolute atomic E-state index is 0.0208. The van der Waals surface area contributed by atoms with E-state index in [0.717, 1.165) is 11.4 Å². The van der Waals surface area contributed by atoms with Gasteiger partial charge in [0.15, 0.2) is 0 Å². The molecule has 6 nitrogen and oxygen atoms in total. The zero-order chi connectivity index (χ0) is 14.8. The number of rotatable bonds is 8. The van der Waals surface area contributed by atoms with Crippen molar-refractivity contribution in [2.75, 3.05) is 37.4 Å². The summed E-state index contributed by atoms with van der Waals surface area (Å²) < 4.78 is 4.85. The molecular weight excluding hydrogens is 258 g/mol. The zero-order valence-corrected chi connectivity index (χ0v) is 11.9. The van der Waals surface area contributed by atoms with Crippen LogP contribution in [0.25, 0.3) is 0 Å². The molecule has 0 heterocycles. The minimum Gasteiger partial charge on any atom is -0.384 e. The second-order valence-corrected chi connectivity index (χ2v) is 4.28. The smallest absolute Gasteiger partial charge is 0.221 e. The first-order chi connectivity index (χ1) is 9.61. The van der Waals surface area contributed by atoms with Crippen LogP contribution in [0.4, 0.5) is 11.4 Å². The Hall–Kier alpha value is -2.08. The van der Waals surface area contributed by atoms with Crippen molar-refractivity contribution in [1.29, 1.82) is 0 Å². The Balaban J connectivity index is 2.31. The summed E-state index contributed by atoms with van der Waals surface area (Å²) in [6.45, 7) is 3.03. The van der Waals surface area contributed by atoms with Gasteiger partial charge >= 0.3 is 0 Å². The van der Waals surface area contributed by atoms with Crippen LogP contribution in [0.3, 0.4) is 0 Å². The number of anilines is 2. The van der Waals surface area contributed by atoms with E-state index in [1.165, 1.54) is 6.92 Å². The van der Waals surface area contributed by atoms with E-state index in [-0.39, 0.29) is 11.8 Å². The number of amides is 2. The Morgan fingerprint density at radius 3 is 2.65 bits per heavy atom. The molecule has 0 bridgehead atoms. The molecule has 0 aliphatic rings. The van der Waals surface area contributed by atoms with Gasteiger partial charge in [0.2, 0.25) is 11.8 Å². The SMILES string of the molecule is COCCNC(=O)CCNc1cccc(NC(C)=O)c1. The molecule has 0 radical (unpaired) electrons. The van der Waals surface area contributed by atoms with Crippen LogP contribution in [-0.4, -0.2) is 38.6 Å². The zero-order valence-electron chi connectivity index (χ0n) is 11.9. The molecule has 1 aromatic carbocycles. The van der Waals surface area contributed by atoms with Gasteiger partial charge in [-0.1, -0.05) is 6.07 Å². The van der Waals surface area contributed by atoms with Crippen LogP contribution in [0.5, 0.6) is 0 Å². The maximum atomic E-state index is 11.5. The van der Waals surface area contributed by atoms with Gasteiger partial charge in [-0.15, -0.1) is 0 Å². The molecule has 3 N–H and O–H groups in total. The Labute approximate surface area is 118 Å². The van der Waals surface area contributed by atoms with Crippen molar-refractivity contribution in [3.05, 3.63) is 24.3 Å². The monoisotopic (exact) mass is 279 g/mol. The maximum absolute atomic E-state index is 11.5. The highest BCUT2D eigenvalue weighted by atomic mass is 16.5. The molecule has 1 aromatic rings. The van der Waals surface area contributed by atoms with Crippen molar-refractivity contribution in [2.24, 2.45) is 0 Å². The van der Waals surface area contributed by atoms with Crippen molar-refractivity contribution in [3.63, 3.8) is 0 Å². The standard InChI is InChI=1S/C14H21N3O3/c1-11(18)17-13-5-3-4-12(10-13)15-7-6-14(19)16-8-9-20-2/h3-5,10,15H,6-9H2,1-2H3,(H,16,19)(H,17,18). The van der Waals surface area contributed by atoms with E-state index in [2.05, 4.69) is 16.0 Å². The summed E-state index contributed by atoms with van der Waals surface area (Å²) in [6, 6.07) is 7.36. The lowest BCUT2D eigenvalue weighted by atomic mass is 10.2. The van der Waals surface area contributed by atoms with Crippen LogP contribution < -0.4 is 16.0 Å². The maximum Gasteiger partial charge on any atom is 0.221 e. The fourth-order valence-electron chi connectivity index (χ4n) is 1.61. The number of ether oxygens (including phenoxy) is 1. The van der Waals surface area contributed by atoms with Crippen LogP contribution >= 0.6 is 0 Å². The topological polar surface area (TPSA) is 79.5 Å². The summed E-state index contributed by atoms with van der Waals surface area (Å²) in [5, 5.41) is 8.59. The molecule has 0 saturated carbocycles. The normalized spacial score (nSPS) is 9.90. The molecule has 0 saturated heterocycles. The molecule has 0 aromatic heterocycles. The average Bonchev–Trinajstić information content (AvgIpc) is 2.39. The van der Waals surface area contributed by atoms with Crippen LogP contribution in [0.15, 0.2) is 24.3 Å². The van der Waals surface area contributed by atoms with Crippen molar-refractivity contribution < 1.29 is 14.3 Å². The van der Waals surface area contributed by atoms with Crippen LogP contribution in [0.2, 0.25) is 0 Å². The van der Waals surface area contributed by atoms with E-state index in [9.17, 15) is 9.59 Å². The molecule has 6 heteroatoms. The number of hydrogen-bond donors (Lipinski definition) is 3. The third kappa shape index (κ3) is 6.75. The summed E-state index contributed by atoms with van der Waals surface area (Å²) in [4.78, 5) is 22.4. The lowest BCUT2D eigenvalue weighted by molar-refractivity contribution is -0.121. The quantitative estimate of drug-likeness (QED) is 0.625. The molecule has 0 unspecified atom stereocenters. The van der Waals surface area contributed by atoms with Gasteiger partial charge < -0.3 is 20.7 Å². The molecule has 0 aliphatic carbocycles. The van der Waals surface area contributed by atoms with Gasteiger partial charge in [0, 0.05) is 44.9 Å². The van der Waals surface area contributed by atoms with E-state index in [0.29, 0.717) is 26.1 Å². The summed E-state index contributed by atoms with van der Waals surface area (Å²) in [5.74, 6) is -0.132. The fourth-order valence-corrected chi connectivity index (χ4v) is 1.61. The van der Waals surface area contributed by atoms with Gasteiger partial charge in [-0.3, -0.25) is 9.59 Å². The van der Waals surface area contributed by atoms with Gasteiger partial charge in [0.25, 0.3) is 0 Å². The molecule has 0 aliphatic heterocycles. The number of nitrogens with one attached hydrogen (secondary N) is 3. The summed E-state index contributed by atoms with van der Waals surface area (Å²) in [6.07, 6.45) is 0.383. The lowest BCUT2D eigenvalue weighted by Crippen LogP contribution is -2.28. The van der Waals surface area contributed by atoms with Crippen LogP contribution in [0, 0.1) is 0 Å². The second-order valence-electron chi connectivity index (χ2n) is 4.28. The Morgan fingerprint density at radius 2 is 1.95 bits per heavy atom. The molecule has 2 amide bonds. The van der Waals surface area contributed by atoms with Crippen molar-refractivity contribution >= 4 is 23.2 Å². The van der Waals surface area contributed by atoms with Gasteiger partial charge in [-0.05, 0) is 18.2 Å². The fraction of sp³-hybridized carbons (Fsp3) is 0.429. The van der Waals surface area contributed by atoms with E-state index >= 15 is 0 Å².